The van der Waals surface area contributed by atoms with E-state index in [1.54, 1.807) is 48.5 Å². The van der Waals surface area contributed by atoms with Gasteiger partial charge in [-0.15, -0.1) is 0 Å². The second-order valence-corrected chi connectivity index (χ2v) is 14.6. The van der Waals surface area contributed by atoms with Crippen molar-refractivity contribution < 1.29 is 67.2 Å². The molecule has 0 amide bonds. The van der Waals surface area contributed by atoms with Crippen molar-refractivity contribution in [3.63, 3.8) is 0 Å². The van der Waals surface area contributed by atoms with Crippen LogP contribution in [0.15, 0.2) is 170 Å². The second kappa shape index (κ2) is 20.4. The van der Waals surface area contributed by atoms with Gasteiger partial charge in [0.05, 0.1) is 0 Å². The maximum absolute atomic E-state index is 13.6. The number of aromatic hydroxyl groups is 8. The summed E-state index contributed by atoms with van der Waals surface area (Å²) in [6, 6.07) is 39.7. The first-order valence-electron chi connectivity index (χ1n) is 18.9. The van der Waals surface area contributed by atoms with E-state index in [0.29, 0.717) is 24.3 Å². The molecule has 0 aliphatic rings. The topological polar surface area (TPSA) is 162 Å². The molecule has 0 atom stereocenters. The third-order valence-corrected chi connectivity index (χ3v) is 9.76. The van der Waals surface area contributed by atoms with Crippen molar-refractivity contribution >= 4 is 0 Å². The van der Waals surface area contributed by atoms with Crippen molar-refractivity contribution in [3.05, 3.63) is 203 Å². The van der Waals surface area contributed by atoms with Crippen LogP contribution in [-0.2, 0) is 17.3 Å². The van der Waals surface area contributed by atoms with Gasteiger partial charge in [0.2, 0.25) is 5.41 Å². The van der Waals surface area contributed by atoms with Gasteiger partial charge >= 0.3 is 12.4 Å². The number of benzene rings is 7. The number of rotatable bonds is 6. The van der Waals surface area contributed by atoms with Gasteiger partial charge in [0.15, 0.2) is 0 Å². The molecular weight excluding hydrogens is 831 g/mol. The van der Waals surface area contributed by atoms with Gasteiger partial charge < -0.3 is 40.9 Å². The van der Waals surface area contributed by atoms with Crippen LogP contribution in [0.2, 0.25) is 0 Å². The van der Waals surface area contributed by atoms with Crippen molar-refractivity contribution in [1.29, 1.82) is 0 Å². The van der Waals surface area contributed by atoms with Crippen LogP contribution in [0.4, 0.5) is 26.3 Å². The number of halogens is 6. The molecule has 0 aliphatic heterocycles. The summed E-state index contributed by atoms with van der Waals surface area (Å²) in [5.41, 5.74) is -2.07. The molecule has 0 spiro atoms. The van der Waals surface area contributed by atoms with E-state index in [2.05, 4.69) is 13.8 Å². The second-order valence-electron chi connectivity index (χ2n) is 14.6. The zero-order chi connectivity index (χ0) is 46.6. The Kier molecular flexibility index (Phi) is 15.6. The van der Waals surface area contributed by atoms with Gasteiger partial charge in [-0.2, -0.15) is 26.3 Å². The lowest BCUT2D eigenvalue weighted by Gasteiger charge is -2.38. The highest BCUT2D eigenvalue weighted by Gasteiger charge is 2.72. The number of phenolic OH excluding ortho intramolecular Hbond substituents is 8. The van der Waals surface area contributed by atoms with Crippen molar-refractivity contribution in [1.82, 2.24) is 0 Å². The first-order valence-corrected chi connectivity index (χ1v) is 18.9. The van der Waals surface area contributed by atoms with Crippen molar-refractivity contribution in [3.8, 4) is 46.0 Å². The lowest BCUT2D eigenvalue weighted by Crippen LogP contribution is -2.54. The zero-order valence-electron chi connectivity index (χ0n) is 33.7. The van der Waals surface area contributed by atoms with E-state index in [1.165, 1.54) is 24.3 Å². The van der Waals surface area contributed by atoms with Crippen LogP contribution in [-0.4, -0.2) is 53.2 Å². The summed E-state index contributed by atoms with van der Waals surface area (Å²) in [4.78, 5) is 0. The molecule has 0 aliphatic carbocycles. The molecule has 0 saturated carbocycles. The van der Waals surface area contributed by atoms with Gasteiger partial charge in [-0.25, -0.2) is 0 Å². The fraction of sp³-hybridized carbons (Fsp3) is 0.143. The first-order chi connectivity index (χ1) is 29.5. The Morgan fingerprint density at radius 2 is 0.460 bits per heavy atom. The highest BCUT2D eigenvalue weighted by molar-refractivity contribution is 5.47. The van der Waals surface area contributed by atoms with Crippen LogP contribution >= 0.6 is 0 Å². The first kappa shape index (κ1) is 48.2. The lowest BCUT2D eigenvalue weighted by molar-refractivity contribution is -0.288. The van der Waals surface area contributed by atoms with E-state index in [0.717, 1.165) is 52.9 Å². The van der Waals surface area contributed by atoms with Crippen LogP contribution in [0.1, 0.15) is 47.2 Å². The minimum Gasteiger partial charge on any atom is -0.508 e. The average Bonchev–Trinajstić information content (AvgIpc) is 3.22. The van der Waals surface area contributed by atoms with Crippen LogP contribution in [0, 0.1) is 0 Å². The molecule has 0 unspecified atom stereocenters. The van der Waals surface area contributed by atoms with E-state index < -0.39 is 40.4 Å². The van der Waals surface area contributed by atoms with Crippen LogP contribution in [0.5, 0.6) is 46.0 Å². The van der Waals surface area contributed by atoms with Gasteiger partial charge in [-0.1, -0.05) is 86.6 Å². The Bertz CT molecular complexity index is 2280. The molecule has 7 aromatic rings. The van der Waals surface area contributed by atoms with E-state index >= 15 is 0 Å². The van der Waals surface area contributed by atoms with E-state index in [9.17, 15) is 36.6 Å². The van der Waals surface area contributed by atoms with Gasteiger partial charge in [-0.05, 0) is 137 Å². The minimum absolute atomic E-state index is 0.151. The minimum atomic E-state index is -5.70. The third kappa shape index (κ3) is 12.8. The summed E-state index contributed by atoms with van der Waals surface area (Å²) in [5.74, 6) is 0.528. The fourth-order valence-electron chi connectivity index (χ4n) is 6.24. The Balaban J connectivity index is 0.000000194. The van der Waals surface area contributed by atoms with Crippen LogP contribution < -0.4 is 0 Å². The van der Waals surface area contributed by atoms with Crippen molar-refractivity contribution in [2.24, 2.45) is 0 Å². The largest absolute Gasteiger partial charge is 0.508 e. The maximum atomic E-state index is 13.6. The Labute approximate surface area is 359 Å². The van der Waals surface area contributed by atoms with Gasteiger partial charge in [0, 0.05) is 5.41 Å². The molecule has 8 N–H and O–H groups in total. The van der Waals surface area contributed by atoms with Crippen molar-refractivity contribution in [2.45, 2.75) is 43.5 Å². The molecule has 63 heavy (non-hydrogen) atoms. The standard InChI is InChI=1S/C15H10F6O2.C15H16O2.C13H12O2.C6H6O2/c16-14(17,18)13(15(19,20)21,9-1-5-11(22)6-2-9)10-3-7-12(23)8-4-10;1-15(2,11-3-7-13(16)8-4-11)12-5-9-14(17)10-6-12;14-12-5-1-10(2-6-12)9-11-3-7-13(15)8-4-11;7-5-1-2-6(8)4-3-5/h1-8,22-23H;3-10,16-17H,1-2H3;1-8,14-15H,9H2;1-4,7-8H. The molecular formula is C49H44F6O8. The summed E-state index contributed by atoms with van der Waals surface area (Å²) in [6.07, 6.45) is -10.6. The molecule has 14 heteroatoms. The van der Waals surface area contributed by atoms with Crippen LogP contribution in [0.3, 0.4) is 0 Å². The average molecular weight is 875 g/mol. The summed E-state index contributed by atoms with van der Waals surface area (Å²) >= 11 is 0. The lowest BCUT2D eigenvalue weighted by atomic mass is 9.73. The Morgan fingerprint density at radius 1 is 0.286 bits per heavy atom. The number of phenols is 8. The van der Waals surface area contributed by atoms with Crippen LogP contribution in [0.25, 0.3) is 0 Å². The summed E-state index contributed by atoms with van der Waals surface area (Å²) in [5, 5.41) is 72.4. The number of hydrogen-bond donors (Lipinski definition) is 8. The molecule has 7 aromatic carbocycles. The van der Waals surface area contributed by atoms with Gasteiger partial charge in [0.25, 0.3) is 0 Å². The zero-order valence-corrected chi connectivity index (χ0v) is 33.7. The fourth-order valence-corrected chi connectivity index (χ4v) is 6.24. The molecule has 0 fully saturated rings. The highest BCUT2D eigenvalue weighted by Crippen LogP contribution is 2.56. The molecule has 7 rings (SSSR count). The van der Waals surface area contributed by atoms with Gasteiger partial charge in [-0.3, -0.25) is 0 Å². The molecule has 0 saturated heterocycles. The molecule has 8 nitrogen and oxygen atoms in total. The maximum Gasteiger partial charge on any atom is 0.411 e. The predicted octanol–water partition coefficient (Wildman–Crippen LogP) is 11.7. The summed E-state index contributed by atoms with van der Waals surface area (Å²) in [6.45, 7) is 4.23. The van der Waals surface area contributed by atoms with E-state index in [1.807, 2.05) is 48.5 Å². The molecule has 0 radical (unpaired) electrons. The third-order valence-electron chi connectivity index (χ3n) is 9.76. The SMILES string of the molecule is CC(C)(c1ccc(O)cc1)c1ccc(O)cc1.Oc1ccc(C(c2ccc(O)cc2)(C(F)(F)F)C(F)(F)F)cc1.Oc1ccc(Cc2ccc(O)cc2)cc1.Oc1ccc(O)cc1. The number of hydrogen-bond acceptors (Lipinski definition) is 8. The highest BCUT2D eigenvalue weighted by atomic mass is 19.4. The normalized spacial score (nSPS) is 11.4. The van der Waals surface area contributed by atoms with E-state index in [4.69, 9.17) is 30.6 Å². The molecule has 0 aromatic heterocycles. The Hall–Kier alpha value is -7.48. The number of alkyl halides is 6. The van der Waals surface area contributed by atoms with Gasteiger partial charge in [0.1, 0.15) is 46.0 Å². The summed E-state index contributed by atoms with van der Waals surface area (Å²) in [7, 11) is 0. The van der Waals surface area contributed by atoms with E-state index in [-0.39, 0.29) is 39.9 Å². The summed E-state index contributed by atoms with van der Waals surface area (Å²) < 4.78 is 81.6. The van der Waals surface area contributed by atoms with Crippen molar-refractivity contribution in [2.75, 3.05) is 0 Å². The molecule has 330 valence electrons. The quantitative estimate of drug-likeness (QED) is 0.0605. The monoisotopic (exact) mass is 874 g/mol. The smallest absolute Gasteiger partial charge is 0.411 e. The predicted molar refractivity (Wildman–Crippen MR) is 226 cm³/mol. The molecule has 0 bridgehead atoms. The molecule has 0 heterocycles. The Morgan fingerprint density at radius 3 is 0.667 bits per heavy atom.